The Bertz CT molecular complexity index is 4660. The Labute approximate surface area is 473 Å². The summed E-state index contributed by atoms with van der Waals surface area (Å²) in [5, 5.41) is 6.42. The Morgan fingerprint density at radius 1 is 0.244 bits per heavy atom. The van der Waals surface area contributed by atoms with Crippen molar-refractivity contribution in [3.8, 4) is 44.5 Å². The standard InChI is InChI=1S/C78H46F2N2/c79-49-17-13-19-51(45-49)81(71-35-15-33-67-75(71)57-25-5-11-31-65(57)77(67)61-27-7-1-21-53(61)54-22-2-8-28-62(54)77)69-43-39-47-38-42-60-70(44-40-48-37-41-59(69)73(47)74(48)60)82(52-20-14-18-50(80)46-52)72-36-16-34-68-76(72)58-26-6-12-32-66(58)78(68)63-29-9-3-23-55(63)56-24-4-10-30-64(56)78/h1-46H. The summed E-state index contributed by atoms with van der Waals surface area (Å²) in [6.45, 7) is 0. The van der Waals surface area contributed by atoms with E-state index < -0.39 is 10.8 Å². The van der Waals surface area contributed by atoms with Crippen LogP contribution in [-0.4, -0.2) is 0 Å². The van der Waals surface area contributed by atoms with Gasteiger partial charge in [0.2, 0.25) is 0 Å². The Morgan fingerprint density at radius 2 is 0.549 bits per heavy atom. The molecular weight excluding hydrogens is 1000 g/mol. The number of benzene rings is 14. The normalized spacial score (nSPS) is 13.9. The average molecular weight is 1050 g/mol. The van der Waals surface area contributed by atoms with Crippen molar-refractivity contribution in [3.05, 3.63) is 335 Å². The molecule has 14 aromatic rings. The Hall–Kier alpha value is -10.4. The summed E-state index contributed by atoms with van der Waals surface area (Å²) in [7, 11) is 0. The first kappa shape index (κ1) is 45.4. The second-order valence-corrected chi connectivity index (χ2v) is 22.4. The van der Waals surface area contributed by atoms with Crippen LogP contribution >= 0.6 is 0 Å². The Kier molecular flexibility index (Phi) is 9.19. The van der Waals surface area contributed by atoms with Gasteiger partial charge in [-0.15, -0.1) is 0 Å². The molecule has 4 heteroatoms. The van der Waals surface area contributed by atoms with E-state index in [4.69, 9.17) is 0 Å². The fourth-order valence-electron chi connectivity index (χ4n) is 15.8. The molecule has 2 nitrogen and oxygen atoms in total. The van der Waals surface area contributed by atoms with Crippen LogP contribution in [0.3, 0.4) is 0 Å². The van der Waals surface area contributed by atoms with Crippen molar-refractivity contribution in [3.63, 3.8) is 0 Å². The molecular formula is C78H46F2N2. The molecule has 0 fully saturated rings. The van der Waals surface area contributed by atoms with Gasteiger partial charge in [0, 0.05) is 33.3 Å². The first-order chi connectivity index (χ1) is 40.5. The Balaban J connectivity index is 0.887. The lowest BCUT2D eigenvalue weighted by Gasteiger charge is -2.33. The summed E-state index contributed by atoms with van der Waals surface area (Å²) < 4.78 is 32.1. The zero-order valence-electron chi connectivity index (χ0n) is 44.2. The third-order valence-corrected chi connectivity index (χ3v) is 18.7. The second-order valence-electron chi connectivity index (χ2n) is 22.4. The van der Waals surface area contributed by atoms with Crippen LogP contribution in [0.25, 0.3) is 76.8 Å². The summed E-state index contributed by atoms with van der Waals surface area (Å²) in [6, 6.07) is 98.5. The molecule has 4 aliphatic carbocycles. The summed E-state index contributed by atoms with van der Waals surface area (Å²) in [4.78, 5) is 4.58. The number of hydrogen-bond acceptors (Lipinski definition) is 2. The zero-order chi connectivity index (χ0) is 54.0. The molecule has 0 aromatic heterocycles. The molecule has 0 heterocycles. The predicted molar refractivity (Wildman–Crippen MR) is 332 cm³/mol. The Morgan fingerprint density at radius 3 is 0.915 bits per heavy atom. The molecule has 382 valence electrons. The first-order valence-electron chi connectivity index (χ1n) is 28.2. The van der Waals surface area contributed by atoms with Gasteiger partial charge in [-0.25, -0.2) is 8.78 Å². The van der Waals surface area contributed by atoms with E-state index in [2.05, 4.69) is 240 Å². The van der Waals surface area contributed by atoms with Crippen molar-refractivity contribution >= 4 is 66.4 Å². The summed E-state index contributed by atoms with van der Waals surface area (Å²) in [5.74, 6) is -0.625. The van der Waals surface area contributed by atoms with E-state index in [0.29, 0.717) is 0 Å². The molecule has 0 saturated carbocycles. The molecule has 2 spiro atoms. The molecule has 0 radical (unpaired) electrons. The quantitative estimate of drug-likeness (QED) is 0.153. The number of hydrogen-bond donors (Lipinski definition) is 0. The minimum absolute atomic E-state index is 0.312. The van der Waals surface area contributed by atoms with Gasteiger partial charge in [0.25, 0.3) is 0 Å². The largest absolute Gasteiger partial charge is 0.309 e. The van der Waals surface area contributed by atoms with Crippen molar-refractivity contribution < 1.29 is 8.78 Å². The van der Waals surface area contributed by atoms with E-state index in [-0.39, 0.29) is 11.6 Å². The van der Waals surface area contributed by atoms with Crippen LogP contribution in [-0.2, 0) is 10.8 Å². The fourth-order valence-corrected chi connectivity index (χ4v) is 15.8. The first-order valence-corrected chi connectivity index (χ1v) is 28.2. The molecule has 0 N–H and O–H groups in total. The van der Waals surface area contributed by atoms with Crippen LogP contribution in [0, 0.1) is 11.6 Å². The summed E-state index contributed by atoms with van der Waals surface area (Å²) in [6.07, 6.45) is 0. The molecule has 4 aliphatic rings. The number of halogens is 2. The van der Waals surface area contributed by atoms with Gasteiger partial charge in [0.15, 0.2) is 0 Å². The average Bonchev–Trinajstić information content (AvgIpc) is 1.62. The maximum Gasteiger partial charge on any atom is 0.125 e. The monoisotopic (exact) mass is 1050 g/mol. The highest BCUT2D eigenvalue weighted by Gasteiger charge is 2.54. The number of nitrogens with zero attached hydrogens (tertiary/aromatic N) is 2. The molecule has 0 aliphatic heterocycles. The van der Waals surface area contributed by atoms with Gasteiger partial charge in [0.1, 0.15) is 11.6 Å². The van der Waals surface area contributed by atoms with Gasteiger partial charge in [-0.2, -0.15) is 0 Å². The molecule has 0 unspecified atom stereocenters. The molecule has 14 aromatic carbocycles. The van der Waals surface area contributed by atoms with E-state index in [1.165, 1.54) is 78.9 Å². The van der Waals surface area contributed by atoms with E-state index >= 15 is 8.78 Å². The van der Waals surface area contributed by atoms with Crippen molar-refractivity contribution in [1.29, 1.82) is 0 Å². The van der Waals surface area contributed by atoms with E-state index in [1.54, 1.807) is 12.1 Å². The van der Waals surface area contributed by atoms with Crippen LogP contribution in [0.5, 0.6) is 0 Å². The third kappa shape index (κ3) is 5.70. The number of fused-ring (bicyclic) bond motifs is 20. The van der Waals surface area contributed by atoms with Crippen LogP contribution in [0.15, 0.2) is 279 Å². The van der Waals surface area contributed by atoms with Gasteiger partial charge < -0.3 is 9.80 Å². The van der Waals surface area contributed by atoms with Crippen molar-refractivity contribution in [2.24, 2.45) is 0 Å². The molecule has 82 heavy (non-hydrogen) atoms. The fraction of sp³-hybridized carbons (Fsp3) is 0.0256. The lowest BCUT2D eigenvalue weighted by Crippen LogP contribution is -2.26. The summed E-state index contributed by atoms with van der Waals surface area (Å²) in [5.41, 5.74) is 23.5. The van der Waals surface area contributed by atoms with Crippen LogP contribution < -0.4 is 9.80 Å². The zero-order valence-corrected chi connectivity index (χ0v) is 44.2. The van der Waals surface area contributed by atoms with Gasteiger partial charge in [0.05, 0.1) is 33.6 Å². The van der Waals surface area contributed by atoms with Crippen molar-refractivity contribution in [2.75, 3.05) is 9.80 Å². The molecule has 0 bridgehead atoms. The third-order valence-electron chi connectivity index (χ3n) is 18.7. The molecule has 18 rings (SSSR count). The minimum Gasteiger partial charge on any atom is -0.309 e. The van der Waals surface area contributed by atoms with Crippen molar-refractivity contribution in [1.82, 2.24) is 0 Å². The highest BCUT2D eigenvalue weighted by molar-refractivity contribution is 6.28. The number of rotatable bonds is 6. The van der Waals surface area contributed by atoms with Crippen molar-refractivity contribution in [2.45, 2.75) is 10.8 Å². The molecule has 0 amide bonds. The van der Waals surface area contributed by atoms with Crippen LogP contribution in [0.1, 0.15) is 44.5 Å². The van der Waals surface area contributed by atoms with Gasteiger partial charge in [-0.05, 0) is 160 Å². The maximum atomic E-state index is 16.0. The smallest absolute Gasteiger partial charge is 0.125 e. The topological polar surface area (TPSA) is 6.48 Å². The number of anilines is 6. The highest BCUT2D eigenvalue weighted by Crippen LogP contribution is 2.67. The van der Waals surface area contributed by atoms with E-state index in [1.807, 2.05) is 24.3 Å². The van der Waals surface area contributed by atoms with Gasteiger partial charge in [-0.3, -0.25) is 0 Å². The lowest BCUT2D eigenvalue weighted by molar-refractivity contribution is 0.627. The second kappa shape index (κ2) is 16.6. The summed E-state index contributed by atoms with van der Waals surface area (Å²) >= 11 is 0. The minimum atomic E-state index is -0.567. The highest BCUT2D eigenvalue weighted by atomic mass is 19.1. The SMILES string of the molecule is Fc1cccc(N(c2cccc3c2-c2ccccc2C32c3ccccc3-c3ccccc32)c2ccc3ccc4c(N(c5cccc(F)c5)c5cccc6c5-c5ccccc5C65c6ccccc6-c6ccccc65)ccc5ccc2c3c54)c1. The predicted octanol–water partition coefficient (Wildman–Crippen LogP) is 20.5. The lowest BCUT2D eigenvalue weighted by atomic mass is 9.70. The van der Waals surface area contributed by atoms with Gasteiger partial charge in [-0.1, -0.05) is 218 Å². The van der Waals surface area contributed by atoms with Gasteiger partial charge >= 0.3 is 0 Å². The van der Waals surface area contributed by atoms with Crippen LogP contribution in [0.4, 0.5) is 42.9 Å². The maximum absolute atomic E-state index is 16.0. The molecule has 0 saturated heterocycles. The van der Waals surface area contributed by atoms with Crippen LogP contribution in [0.2, 0.25) is 0 Å². The van der Waals surface area contributed by atoms with E-state index in [9.17, 15) is 0 Å². The molecule has 0 atom stereocenters. The van der Waals surface area contributed by atoms with E-state index in [0.717, 1.165) is 88.7 Å².